The van der Waals surface area contributed by atoms with Crippen molar-refractivity contribution in [2.75, 3.05) is 24.5 Å². The normalized spacial score (nSPS) is 11.2. The molecule has 0 saturated heterocycles. The summed E-state index contributed by atoms with van der Waals surface area (Å²) in [4.78, 5) is 11.8. The van der Waals surface area contributed by atoms with Crippen LogP contribution in [0.25, 0.3) is 55.6 Å². The highest BCUT2D eigenvalue weighted by Crippen LogP contribution is 2.50. The molecule has 16 aromatic rings. The maximum atomic E-state index is 2.49. The molecule has 5 heteroatoms. The molecule has 0 aliphatic rings. The van der Waals surface area contributed by atoms with Crippen molar-refractivity contribution in [1.82, 2.24) is 0 Å². The molecule has 5 nitrogen and oxygen atoms in total. The second kappa shape index (κ2) is 30.0. The van der Waals surface area contributed by atoms with Crippen LogP contribution >= 0.6 is 0 Å². The Labute approximate surface area is 618 Å². The van der Waals surface area contributed by atoms with E-state index in [2.05, 4.69) is 470 Å². The van der Waals surface area contributed by atoms with Crippen LogP contribution in [0.2, 0.25) is 0 Å². The van der Waals surface area contributed by atoms with Crippen LogP contribution in [0.3, 0.4) is 0 Å². The zero-order valence-corrected chi connectivity index (χ0v) is 59.2. The van der Waals surface area contributed by atoms with E-state index in [1.807, 2.05) is 0 Å². The lowest BCUT2D eigenvalue weighted by molar-refractivity contribution is 0.590. The van der Waals surface area contributed by atoms with Crippen molar-refractivity contribution in [3.05, 3.63) is 430 Å². The molecule has 105 heavy (non-hydrogen) atoms. The van der Waals surface area contributed by atoms with Crippen molar-refractivity contribution < 1.29 is 0 Å². The second-order valence-corrected chi connectivity index (χ2v) is 27.4. The highest BCUT2D eigenvalue weighted by atomic mass is 15.2. The van der Waals surface area contributed by atoms with Gasteiger partial charge < -0.3 is 24.5 Å². The lowest BCUT2D eigenvalue weighted by Crippen LogP contribution is -2.13. The van der Waals surface area contributed by atoms with Crippen molar-refractivity contribution in [1.29, 1.82) is 0 Å². The topological polar surface area (TPSA) is 16.2 Å². The Bertz CT molecular complexity index is 5030. The minimum atomic E-state index is 0.0289. The van der Waals surface area contributed by atoms with Gasteiger partial charge in [-0.1, -0.05) is 263 Å². The molecule has 0 spiro atoms. The first-order valence-corrected chi connectivity index (χ1v) is 36.0. The van der Waals surface area contributed by atoms with E-state index in [1.54, 1.807) is 0 Å². The summed E-state index contributed by atoms with van der Waals surface area (Å²) in [6.45, 7) is 6.82. The SMILES string of the molecule is CC(C)(C)c1ccc(-c2ccc(N(c3ccc(-c4ccc(N(c5ccccc5)c5ccccc5)cc4)cc3-c3ccc(N(c4ccccc4)c4ccccc4)cc3)c3ccc(-c4ccc(N(c5ccccc5)c5ccccc5)cc4)cc3-c3ccc(N(c4ccccc4)c4ccccc4)cc3)cc2)cc1. The monoisotopic (exact) mass is 1350 g/mol. The van der Waals surface area contributed by atoms with Crippen LogP contribution in [-0.2, 0) is 5.41 Å². The van der Waals surface area contributed by atoms with Crippen molar-refractivity contribution in [3.63, 3.8) is 0 Å². The van der Waals surface area contributed by atoms with Crippen LogP contribution < -0.4 is 24.5 Å². The van der Waals surface area contributed by atoms with E-state index < -0.39 is 0 Å². The third-order valence-electron chi connectivity index (χ3n) is 19.6. The van der Waals surface area contributed by atoms with Crippen LogP contribution in [0.5, 0.6) is 0 Å². The first-order valence-electron chi connectivity index (χ1n) is 36.0. The van der Waals surface area contributed by atoms with Crippen molar-refractivity contribution in [3.8, 4) is 55.6 Å². The van der Waals surface area contributed by atoms with Crippen LogP contribution in [0.1, 0.15) is 26.3 Å². The summed E-state index contributed by atoms with van der Waals surface area (Å²) >= 11 is 0. The summed E-state index contributed by atoms with van der Waals surface area (Å²) in [5, 5.41) is 0. The number of rotatable bonds is 20. The fourth-order valence-corrected chi connectivity index (χ4v) is 14.2. The molecular formula is C100H79N5. The summed E-state index contributed by atoms with van der Waals surface area (Å²) in [5.41, 5.74) is 28.2. The first-order chi connectivity index (χ1) is 51.7. The van der Waals surface area contributed by atoms with Gasteiger partial charge in [-0.2, -0.15) is 0 Å². The average molecular weight is 1350 g/mol. The van der Waals surface area contributed by atoms with Crippen molar-refractivity contribution in [2.45, 2.75) is 26.2 Å². The number of hydrogen-bond donors (Lipinski definition) is 0. The average Bonchev–Trinajstić information content (AvgIpc) is 0.759. The van der Waals surface area contributed by atoms with E-state index in [-0.39, 0.29) is 5.41 Å². The molecule has 0 atom stereocenters. The van der Waals surface area contributed by atoms with Gasteiger partial charge in [0.1, 0.15) is 0 Å². The summed E-state index contributed by atoms with van der Waals surface area (Å²) in [6, 6.07) is 154. The Balaban J connectivity index is 0.895. The van der Waals surface area contributed by atoms with Crippen LogP contribution in [-0.4, -0.2) is 0 Å². The van der Waals surface area contributed by atoms with Gasteiger partial charge in [0.25, 0.3) is 0 Å². The van der Waals surface area contributed by atoms with Gasteiger partial charge >= 0.3 is 0 Å². The maximum Gasteiger partial charge on any atom is 0.0540 e. The summed E-state index contributed by atoms with van der Waals surface area (Å²) in [6.07, 6.45) is 0. The number of nitrogens with zero attached hydrogens (tertiary/aromatic N) is 5. The largest absolute Gasteiger partial charge is 0.311 e. The molecule has 0 aromatic heterocycles. The first kappa shape index (κ1) is 66.1. The highest BCUT2D eigenvalue weighted by molar-refractivity contribution is 5.98. The molecular weight excluding hydrogens is 1270 g/mol. The lowest BCUT2D eigenvalue weighted by atomic mass is 9.86. The summed E-state index contributed by atoms with van der Waals surface area (Å²) in [5.74, 6) is 0. The standard InChI is InChI=1S/C100H79N5/c1-100(2,3)82-58-44-74(45-59-82)75-46-64-95(65-47-75)105(98-70-56-80(76-48-60-91(61-49-76)101(83-28-12-4-13-29-83)84-30-14-5-15-31-84)72-96(98)78-52-66-93(67-53-78)103(87-36-20-8-21-37-87)88-38-22-9-23-39-88)99-71-57-81(77-50-62-92(63-51-77)102(85-32-16-6-17-33-85)86-34-18-7-19-35-86)73-97(99)79-54-68-94(69-55-79)104(89-40-24-10-25-41-89)90-42-26-11-27-43-90/h4-73H,1-3H3. The highest BCUT2D eigenvalue weighted by Gasteiger charge is 2.25. The predicted octanol–water partition coefficient (Wildman–Crippen LogP) is 28.7. The quantitative estimate of drug-likeness (QED) is 0.0754. The molecule has 16 rings (SSSR count). The van der Waals surface area contributed by atoms with Crippen molar-refractivity contribution in [2.24, 2.45) is 0 Å². The maximum absolute atomic E-state index is 2.49. The zero-order valence-electron chi connectivity index (χ0n) is 59.2. The molecule has 0 N–H and O–H groups in total. The molecule has 0 aliphatic carbocycles. The number of hydrogen-bond acceptors (Lipinski definition) is 5. The number of benzene rings is 16. The fraction of sp³-hybridized carbons (Fsp3) is 0.0400. The Morgan fingerprint density at radius 3 is 0.543 bits per heavy atom. The predicted molar refractivity (Wildman–Crippen MR) is 446 cm³/mol. The molecule has 504 valence electrons. The van der Waals surface area contributed by atoms with Crippen LogP contribution in [0.4, 0.5) is 85.3 Å². The molecule has 0 unspecified atom stereocenters. The van der Waals surface area contributed by atoms with E-state index in [9.17, 15) is 0 Å². The Kier molecular flexibility index (Phi) is 18.9. The van der Waals surface area contributed by atoms with Crippen molar-refractivity contribution >= 4 is 85.3 Å². The number of para-hydroxylation sites is 8. The van der Waals surface area contributed by atoms with Gasteiger partial charge in [0, 0.05) is 85.1 Å². The van der Waals surface area contributed by atoms with Gasteiger partial charge in [-0.15, -0.1) is 0 Å². The number of anilines is 15. The zero-order chi connectivity index (χ0) is 70.9. The third-order valence-corrected chi connectivity index (χ3v) is 19.6. The molecule has 16 aromatic carbocycles. The third kappa shape index (κ3) is 14.3. The van der Waals surface area contributed by atoms with Crippen LogP contribution in [0.15, 0.2) is 425 Å². The molecule has 0 radical (unpaired) electrons. The van der Waals surface area contributed by atoms with E-state index in [4.69, 9.17) is 0 Å². The van der Waals surface area contributed by atoms with Gasteiger partial charge in [-0.3, -0.25) is 0 Å². The molecule has 0 bridgehead atoms. The van der Waals surface area contributed by atoms with Gasteiger partial charge in [0.15, 0.2) is 0 Å². The van der Waals surface area contributed by atoms with E-state index in [0.29, 0.717) is 0 Å². The lowest BCUT2D eigenvalue weighted by Gasteiger charge is -2.31. The van der Waals surface area contributed by atoms with E-state index in [1.165, 1.54) is 11.1 Å². The Morgan fingerprint density at radius 2 is 0.324 bits per heavy atom. The molecule has 0 saturated carbocycles. The van der Waals surface area contributed by atoms with Gasteiger partial charge in [0.2, 0.25) is 0 Å². The summed E-state index contributed by atoms with van der Waals surface area (Å²) < 4.78 is 0. The van der Waals surface area contributed by atoms with Gasteiger partial charge in [-0.25, -0.2) is 0 Å². The molecule has 0 fully saturated rings. The fourth-order valence-electron chi connectivity index (χ4n) is 14.2. The minimum Gasteiger partial charge on any atom is -0.311 e. The van der Waals surface area contributed by atoms with E-state index >= 15 is 0 Å². The van der Waals surface area contributed by atoms with E-state index in [0.717, 1.165) is 135 Å². The minimum absolute atomic E-state index is 0.0289. The smallest absolute Gasteiger partial charge is 0.0540 e. The van der Waals surface area contributed by atoms with Gasteiger partial charge in [-0.05, 0) is 237 Å². The second-order valence-electron chi connectivity index (χ2n) is 27.4. The van der Waals surface area contributed by atoms with Crippen LogP contribution in [0, 0.1) is 0 Å². The Hall–Kier alpha value is -13.5. The van der Waals surface area contributed by atoms with Gasteiger partial charge in [0.05, 0.1) is 11.4 Å². The molecule has 0 amide bonds. The molecule has 0 heterocycles. The Morgan fingerprint density at radius 1 is 0.152 bits per heavy atom. The molecule has 0 aliphatic heterocycles. The summed E-state index contributed by atoms with van der Waals surface area (Å²) in [7, 11) is 0.